The van der Waals surface area contributed by atoms with Gasteiger partial charge in [-0.2, -0.15) is 0 Å². The maximum absolute atomic E-state index is 5.88. The molecule has 1 N–H and O–H groups in total. The lowest BCUT2D eigenvalue weighted by Gasteiger charge is -2.42. The normalized spacial score (nSPS) is 22.1. The highest BCUT2D eigenvalue weighted by atomic mass is 35.5. The summed E-state index contributed by atoms with van der Waals surface area (Å²) in [5, 5.41) is 4.23. The first-order chi connectivity index (χ1) is 11.8. The fourth-order valence-electron chi connectivity index (χ4n) is 3.24. The number of nitrogens with zero attached hydrogens (tertiary/aromatic N) is 3. The molecule has 6 heteroatoms. The molecule has 1 aliphatic heterocycles. The molecule has 5 nitrogen and oxygen atoms in total. The second-order valence-corrected chi connectivity index (χ2v) is 6.86. The van der Waals surface area contributed by atoms with E-state index in [1.165, 1.54) is 19.3 Å². The summed E-state index contributed by atoms with van der Waals surface area (Å²) in [6, 6.07) is 8.24. The number of hydrogen-bond acceptors (Lipinski definition) is 5. The summed E-state index contributed by atoms with van der Waals surface area (Å²) in [5.41, 5.74) is 0.975. The Labute approximate surface area is 147 Å². The zero-order chi connectivity index (χ0) is 16.4. The molecule has 1 unspecified atom stereocenters. The first-order valence-electron chi connectivity index (χ1n) is 8.51. The van der Waals surface area contributed by atoms with Crippen molar-refractivity contribution in [1.29, 1.82) is 0 Å². The molecule has 2 aliphatic rings. The van der Waals surface area contributed by atoms with Crippen LogP contribution in [0, 0.1) is 0 Å². The third-order valence-electron chi connectivity index (χ3n) is 4.84. The summed E-state index contributed by atoms with van der Waals surface area (Å²) in [7, 11) is 0. The van der Waals surface area contributed by atoms with Crippen molar-refractivity contribution >= 4 is 11.6 Å². The van der Waals surface area contributed by atoms with Gasteiger partial charge in [0.05, 0.1) is 24.1 Å². The average Bonchev–Trinajstić information content (AvgIpc) is 2.56. The van der Waals surface area contributed by atoms with Crippen molar-refractivity contribution < 1.29 is 4.74 Å². The second kappa shape index (κ2) is 7.05. The third kappa shape index (κ3) is 3.53. The van der Waals surface area contributed by atoms with E-state index in [9.17, 15) is 0 Å². The van der Waals surface area contributed by atoms with E-state index in [4.69, 9.17) is 16.3 Å². The van der Waals surface area contributed by atoms with E-state index < -0.39 is 0 Å². The standard InChI is InChI=1S/C18H21ClN4O/c19-13-4-6-15(7-5-13)24-18-11-21-16(10-22-18)17-12-23(9-8-20-17)14-2-1-3-14/h4-7,10-11,14,17,20H,1-3,8-9,12H2. The summed E-state index contributed by atoms with van der Waals surface area (Å²) in [6.45, 7) is 3.15. The SMILES string of the molecule is Clc1ccc(Oc2cnc(C3CN(C4CCC4)CCN3)cn2)cc1. The van der Waals surface area contributed by atoms with Crippen LogP contribution in [0.2, 0.25) is 5.02 Å². The Morgan fingerprint density at radius 3 is 2.62 bits per heavy atom. The Hall–Kier alpha value is -1.69. The third-order valence-corrected chi connectivity index (χ3v) is 5.09. The van der Waals surface area contributed by atoms with Gasteiger partial charge in [-0.05, 0) is 37.1 Å². The summed E-state index contributed by atoms with van der Waals surface area (Å²) in [6.07, 6.45) is 7.55. The van der Waals surface area contributed by atoms with Crippen molar-refractivity contribution in [2.24, 2.45) is 0 Å². The van der Waals surface area contributed by atoms with E-state index >= 15 is 0 Å². The molecular formula is C18H21ClN4O. The molecule has 2 aromatic rings. The highest BCUT2D eigenvalue weighted by Crippen LogP contribution is 2.28. The minimum atomic E-state index is 0.247. The van der Waals surface area contributed by atoms with Crippen molar-refractivity contribution in [2.75, 3.05) is 19.6 Å². The number of piperazine rings is 1. The summed E-state index contributed by atoms with van der Waals surface area (Å²) in [4.78, 5) is 11.5. The number of hydrogen-bond donors (Lipinski definition) is 1. The van der Waals surface area contributed by atoms with Gasteiger partial charge in [-0.3, -0.25) is 9.88 Å². The van der Waals surface area contributed by atoms with E-state index in [0.29, 0.717) is 16.7 Å². The van der Waals surface area contributed by atoms with Crippen LogP contribution >= 0.6 is 11.6 Å². The van der Waals surface area contributed by atoms with E-state index in [-0.39, 0.29) is 6.04 Å². The Bertz CT molecular complexity index is 672. The van der Waals surface area contributed by atoms with Crippen molar-refractivity contribution in [2.45, 2.75) is 31.3 Å². The largest absolute Gasteiger partial charge is 0.438 e. The van der Waals surface area contributed by atoms with Gasteiger partial charge in [-0.15, -0.1) is 0 Å². The summed E-state index contributed by atoms with van der Waals surface area (Å²) in [5.74, 6) is 1.20. The molecule has 1 atom stereocenters. The topological polar surface area (TPSA) is 50.3 Å². The molecule has 24 heavy (non-hydrogen) atoms. The Morgan fingerprint density at radius 2 is 1.96 bits per heavy atom. The molecule has 126 valence electrons. The zero-order valence-corrected chi connectivity index (χ0v) is 14.2. The quantitative estimate of drug-likeness (QED) is 0.921. The molecular weight excluding hydrogens is 324 g/mol. The highest BCUT2D eigenvalue weighted by Gasteiger charge is 2.30. The molecule has 1 saturated heterocycles. The lowest BCUT2D eigenvalue weighted by Crippen LogP contribution is -2.52. The van der Waals surface area contributed by atoms with Gasteiger partial charge < -0.3 is 10.1 Å². The van der Waals surface area contributed by atoms with Gasteiger partial charge in [-0.1, -0.05) is 18.0 Å². The molecule has 1 aromatic carbocycles. The Morgan fingerprint density at radius 1 is 1.12 bits per heavy atom. The average molecular weight is 345 g/mol. The number of aromatic nitrogens is 2. The summed E-state index contributed by atoms with van der Waals surface area (Å²) < 4.78 is 5.70. The van der Waals surface area contributed by atoms with Crippen LogP contribution in [0.15, 0.2) is 36.7 Å². The van der Waals surface area contributed by atoms with Gasteiger partial charge in [0.2, 0.25) is 5.88 Å². The molecule has 1 saturated carbocycles. The van der Waals surface area contributed by atoms with Crippen LogP contribution in [0.4, 0.5) is 0 Å². The van der Waals surface area contributed by atoms with Crippen LogP contribution in [0.25, 0.3) is 0 Å². The van der Waals surface area contributed by atoms with Crippen LogP contribution in [0.5, 0.6) is 11.6 Å². The maximum Gasteiger partial charge on any atom is 0.237 e. The maximum atomic E-state index is 5.88. The highest BCUT2D eigenvalue weighted by molar-refractivity contribution is 6.30. The lowest BCUT2D eigenvalue weighted by molar-refractivity contribution is 0.0910. The Kier molecular flexibility index (Phi) is 4.65. The first-order valence-corrected chi connectivity index (χ1v) is 8.88. The van der Waals surface area contributed by atoms with Crippen LogP contribution < -0.4 is 10.1 Å². The molecule has 1 aliphatic carbocycles. The smallest absolute Gasteiger partial charge is 0.237 e. The minimum Gasteiger partial charge on any atom is -0.438 e. The van der Waals surface area contributed by atoms with Crippen LogP contribution in [0.3, 0.4) is 0 Å². The van der Waals surface area contributed by atoms with Gasteiger partial charge in [0, 0.05) is 30.7 Å². The van der Waals surface area contributed by atoms with Crippen LogP contribution in [0.1, 0.15) is 31.0 Å². The predicted octanol–water partition coefficient (Wildman–Crippen LogP) is 3.42. The predicted molar refractivity (Wildman–Crippen MR) is 93.5 cm³/mol. The molecule has 2 fully saturated rings. The fraction of sp³-hybridized carbons (Fsp3) is 0.444. The van der Waals surface area contributed by atoms with Crippen molar-refractivity contribution in [3.8, 4) is 11.6 Å². The molecule has 0 bridgehead atoms. The number of rotatable bonds is 4. The van der Waals surface area contributed by atoms with Crippen molar-refractivity contribution in [1.82, 2.24) is 20.2 Å². The van der Waals surface area contributed by atoms with Gasteiger partial charge >= 0.3 is 0 Å². The monoisotopic (exact) mass is 344 g/mol. The lowest BCUT2D eigenvalue weighted by atomic mass is 9.90. The fourth-order valence-corrected chi connectivity index (χ4v) is 3.36. The van der Waals surface area contributed by atoms with Crippen molar-refractivity contribution in [3.05, 3.63) is 47.4 Å². The molecule has 0 spiro atoms. The zero-order valence-electron chi connectivity index (χ0n) is 13.5. The first kappa shape index (κ1) is 15.8. The van der Waals surface area contributed by atoms with Crippen LogP contribution in [-0.2, 0) is 0 Å². The number of nitrogens with one attached hydrogen (secondary N) is 1. The van der Waals surface area contributed by atoms with Gasteiger partial charge in [-0.25, -0.2) is 4.98 Å². The number of ether oxygens (including phenoxy) is 1. The van der Waals surface area contributed by atoms with E-state index in [0.717, 1.165) is 31.4 Å². The van der Waals surface area contributed by atoms with E-state index in [2.05, 4.69) is 20.2 Å². The number of halogens is 1. The van der Waals surface area contributed by atoms with Crippen LogP contribution in [-0.4, -0.2) is 40.5 Å². The van der Waals surface area contributed by atoms with Gasteiger partial charge in [0.15, 0.2) is 0 Å². The van der Waals surface area contributed by atoms with Gasteiger partial charge in [0.1, 0.15) is 5.75 Å². The second-order valence-electron chi connectivity index (χ2n) is 6.42. The molecule has 4 rings (SSSR count). The van der Waals surface area contributed by atoms with E-state index in [1.807, 2.05) is 18.3 Å². The molecule has 0 radical (unpaired) electrons. The van der Waals surface area contributed by atoms with E-state index in [1.54, 1.807) is 18.3 Å². The van der Waals surface area contributed by atoms with Crippen molar-refractivity contribution in [3.63, 3.8) is 0 Å². The Balaban J connectivity index is 1.40. The summed E-state index contributed by atoms with van der Waals surface area (Å²) >= 11 is 5.88. The van der Waals surface area contributed by atoms with Gasteiger partial charge in [0.25, 0.3) is 0 Å². The number of benzene rings is 1. The molecule has 1 aromatic heterocycles. The molecule has 0 amide bonds. The molecule has 2 heterocycles. The minimum absolute atomic E-state index is 0.247.